The number of carbonyl (C=O) groups excluding carboxylic acids is 1. The van der Waals surface area contributed by atoms with Crippen molar-refractivity contribution in [3.63, 3.8) is 0 Å². The van der Waals surface area contributed by atoms with Crippen molar-refractivity contribution in [2.45, 2.75) is 12.2 Å². The van der Waals surface area contributed by atoms with Crippen LogP contribution in [0.4, 0.5) is 0 Å². The molecule has 1 heterocycles. The lowest BCUT2D eigenvalue weighted by molar-refractivity contribution is -0.119. The minimum Gasteiger partial charge on any atom is -0.503 e. The fraction of sp³-hybridized carbons (Fsp3) is 0.500. The van der Waals surface area contributed by atoms with Crippen molar-refractivity contribution in [1.82, 2.24) is 5.32 Å². The third kappa shape index (κ3) is 0.471. The second kappa shape index (κ2) is 1.52. The molecule has 1 saturated heterocycles. The highest BCUT2D eigenvalue weighted by Gasteiger charge is 2.56. The largest absolute Gasteiger partial charge is 0.503 e. The Bertz CT molecular complexity index is 233. The summed E-state index contributed by atoms with van der Waals surface area (Å²) in [4.78, 5) is 10.8. The van der Waals surface area contributed by atoms with Crippen molar-refractivity contribution in [3.05, 3.63) is 11.5 Å². The first kappa shape index (κ1) is 5.73. The molecule has 2 N–H and O–H groups in total. The van der Waals surface area contributed by atoms with E-state index in [9.17, 15) is 4.79 Å². The molecule has 2 aliphatic rings. The van der Waals surface area contributed by atoms with Crippen LogP contribution in [0, 0.1) is 0 Å². The molecule has 1 fully saturated rings. The number of aliphatic hydroxyl groups is 1. The highest BCUT2D eigenvalue weighted by Crippen LogP contribution is 2.37. The molecule has 10 heavy (non-hydrogen) atoms. The van der Waals surface area contributed by atoms with Gasteiger partial charge in [0.2, 0.25) is 5.78 Å². The molecule has 2 atom stereocenters. The first-order valence-corrected chi connectivity index (χ1v) is 3.06. The zero-order valence-electron chi connectivity index (χ0n) is 5.42. The van der Waals surface area contributed by atoms with E-state index < -0.39 is 0 Å². The van der Waals surface area contributed by atoms with Gasteiger partial charge >= 0.3 is 0 Å². The maximum atomic E-state index is 10.8. The zero-order chi connectivity index (χ0) is 7.30. The molecule has 0 amide bonds. The van der Waals surface area contributed by atoms with Crippen LogP contribution >= 0.6 is 0 Å². The van der Waals surface area contributed by atoms with Gasteiger partial charge in [0.15, 0.2) is 11.9 Å². The maximum Gasteiger partial charge on any atom is 0.230 e. The van der Waals surface area contributed by atoms with Crippen LogP contribution in [0.15, 0.2) is 11.5 Å². The molecule has 2 unspecified atom stereocenters. The lowest BCUT2D eigenvalue weighted by atomic mass is 10.3. The molecule has 4 nitrogen and oxygen atoms in total. The zero-order valence-corrected chi connectivity index (χ0v) is 5.42. The topological polar surface area (TPSA) is 61.9 Å². The number of likely N-dealkylation sites (N-methyl/N-ethyl adjacent to an activating group) is 1. The monoisotopic (exact) mass is 141 g/mol. The van der Waals surface area contributed by atoms with Crippen molar-refractivity contribution in [2.75, 3.05) is 7.05 Å². The normalized spacial score (nSPS) is 36.3. The molecule has 0 radical (unpaired) electrons. The number of hydrogen-bond acceptors (Lipinski definition) is 4. The van der Waals surface area contributed by atoms with Crippen LogP contribution < -0.4 is 5.32 Å². The Hall–Kier alpha value is -1.03. The van der Waals surface area contributed by atoms with Crippen LogP contribution in [-0.4, -0.2) is 30.1 Å². The second-order valence-corrected chi connectivity index (χ2v) is 2.35. The van der Waals surface area contributed by atoms with E-state index >= 15 is 0 Å². The number of nitrogens with one attached hydrogen (secondary N) is 1. The van der Waals surface area contributed by atoms with Crippen LogP contribution in [0.1, 0.15) is 0 Å². The molecule has 1 aliphatic heterocycles. The van der Waals surface area contributed by atoms with Gasteiger partial charge in [0.1, 0.15) is 6.10 Å². The molecular weight excluding hydrogens is 134 g/mol. The van der Waals surface area contributed by atoms with E-state index in [1.807, 2.05) is 0 Å². The molecule has 0 aromatic heterocycles. The number of aliphatic hydroxyl groups excluding tert-OH is 1. The molecule has 54 valence electrons. The minimum absolute atomic E-state index is 0.163. The number of fused-ring (bicyclic) bond motifs is 1. The first-order chi connectivity index (χ1) is 4.75. The molecule has 0 saturated carbocycles. The number of carbonyl (C=O) groups is 1. The summed E-state index contributed by atoms with van der Waals surface area (Å²) < 4.78 is 4.91. The Kier molecular flexibility index (Phi) is 0.870. The average Bonchev–Trinajstić information content (AvgIpc) is 2.63. The summed E-state index contributed by atoms with van der Waals surface area (Å²) in [6.07, 6.45) is -0.569. The van der Waals surface area contributed by atoms with E-state index in [1.165, 1.54) is 0 Å². The van der Waals surface area contributed by atoms with Crippen LogP contribution in [0.5, 0.6) is 0 Å². The fourth-order valence-electron chi connectivity index (χ4n) is 1.19. The summed E-state index contributed by atoms with van der Waals surface area (Å²) in [6, 6.07) is 0. The number of Topliss-reactive ketones (excluding diaryl/α,β-unsaturated/α-hetero) is 1. The van der Waals surface area contributed by atoms with Crippen molar-refractivity contribution < 1.29 is 14.6 Å². The average molecular weight is 141 g/mol. The summed E-state index contributed by atoms with van der Waals surface area (Å²) in [5.41, 5.74) is 0.523. The van der Waals surface area contributed by atoms with Gasteiger partial charge in [0.05, 0.1) is 5.70 Å². The second-order valence-electron chi connectivity index (χ2n) is 2.35. The summed E-state index contributed by atoms with van der Waals surface area (Å²) in [5, 5.41) is 11.8. The molecule has 0 aromatic rings. The van der Waals surface area contributed by atoms with Crippen molar-refractivity contribution in [3.8, 4) is 0 Å². The van der Waals surface area contributed by atoms with Gasteiger partial charge in [0.25, 0.3) is 0 Å². The van der Waals surface area contributed by atoms with Crippen molar-refractivity contribution >= 4 is 5.78 Å². The minimum atomic E-state index is -0.387. The van der Waals surface area contributed by atoms with Gasteiger partial charge < -0.3 is 15.2 Å². The standard InChI is InChI=1S/C6H7NO3/c1-7-2-3(8)4(9)6-5(2)10-6/h5-8H,1H3. The SMILES string of the molecule is CNC1=C(O)C(=O)C2OC12. The Labute approximate surface area is 57.5 Å². The molecule has 1 aliphatic carbocycles. The number of ketones is 1. The molecule has 0 aromatic carbocycles. The quantitative estimate of drug-likeness (QED) is 0.475. The summed E-state index contributed by atoms with van der Waals surface area (Å²) in [5.74, 6) is -0.460. The lowest BCUT2D eigenvalue weighted by Gasteiger charge is -1.99. The van der Waals surface area contributed by atoms with Crippen molar-refractivity contribution in [1.29, 1.82) is 0 Å². The number of ether oxygens (including phenoxy) is 1. The highest BCUT2D eigenvalue weighted by molar-refractivity contribution is 6.03. The van der Waals surface area contributed by atoms with E-state index in [4.69, 9.17) is 9.84 Å². The van der Waals surface area contributed by atoms with Gasteiger partial charge in [0, 0.05) is 7.05 Å². The van der Waals surface area contributed by atoms with E-state index in [1.54, 1.807) is 7.05 Å². The van der Waals surface area contributed by atoms with Gasteiger partial charge in [-0.1, -0.05) is 0 Å². The Morgan fingerprint density at radius 1 is 1.60 bits per heavy atom. The Balaban J connectivity index is 2.36. The number of epoxide rings is 1. The van der Waals surface area contributed by atoms with E-state index in [-0.39, 0.29) is 23.8 Å². The van der Waals surface area contributed by atoms with E-state index in [0.717, 1.165) is 0 Å². The third-order valence-corrected chi connectivity index (χ3v) is 1.79. The number of hydrogen-bond donors (Lipinski definition) is 2. The first-order valence-electron chi connectivity index (χ1n) is 3.06. The molecular formula is C6H7NO3. The molecule has 0 bridgehead atoms. The van der Waals surface area contributed by atoms with Crippen LogP contribution in [0.3, 0.4) is 0 Å². The van der Waals surface area contributed by atoms with Gasteiger partial charge in [-0.2, -0.15) is 0 Å². The Morgan fingerprint density at radius 2 is 2.30 bits per heavy atom. The predicted molar refractivity (Wildman–Crippen MR) is 32.4 cm³/mol. The summed E-state index contributed by atoms with van der Waals surface area (Å²) in [6.45, 7) is 0. The molecule has 0 spiro atoms. The van der Waals surface area contributed by atoms with Crippen LogP contribution in [-0.2, 0) is 9.53 Å². The summed E-state index contributed by atoms with van der Waals surface area (Å²) in [7, 11) is 1.66. The highest BCUT2D eigenvalue weighted by atomic mass is 16.6. The summed E-state index contributed by atoms with van der Waals surface area (Å²) >= 11 is 0. The van der Waals surface area contributed by atoms with Crippen LogP contribution in [0.25, 0.3) is 0 Å². The van der Waals surface area contributed by atoms with Crippen molar-refractivity contribution in [2.24, 2.45) is 0 Å². The fourth-order valence-corrected chi connectivity index (χ4v) is 1.19. The maximum absolute atomic E-state index is 10.8. The van der Waals surface area contributed by atoms with E-state index in [0.29, 0.717) is 5.70 Å². The van der Waals surface area contributed by atoms with Gasteiger partial charge in [-0.15, -0.1) is 0 Å². The smallest absolute Gasteiger partial charge is 0.230 e. The van der Waals surface area contributed by atoms with Crippen LogP contribution in [0.2, 0.25) is 0 Å². The van der Waals surface area contributed by atoms with E-state index in [2.05, 4.69) is 5.32 Å². The van der Waals surface area contributed by atoms with Gasteiger partial charge in [-0.25, -0.2) is 0 Å². The lowest BCUT2D eigenvalue weighted by Crippen LogP contribution is -2.12. The molecule has 4 heteroatoms. The van der Waals surface area contributed by atoms with Gasteiger partial charge in [-0.3, -0.25) is 4.79 Å². The third-order valence-electron chi connectivity index (χ3n) is 1.79. The Morgan fingerprint density at radius 3 is 2.60 bits per heavy atom. The predicted octanol–water partition coefficient (Wildman–Crippen LogP) is -0.675. The molecule has 2 rings (SSSR count). The van der Waals surface area contributed by atoms with Gasteiger partial charge in [-0.05, 0) is 0 Å². The number of rotatable bonds is 1.